The molecule has 118 valence electrons. The number of benzene rings is 1. The maximum atomic E-state index is 13.2. The summed E-state index contributed by atoms with van der Waals surface area (Å²) in [4.78, 5) is 1.81. The molecule has 1 unspecified atom stereocenters. The first-order valence-electron chi connectivity index (χ1n) is 6.78. The van der Waals surface area contributed by atoms with Crippen LogP contribution in [0.4, 0.5) is 18.9 Å². The number of aliphatic hydroxyl groups is 1. The number of anilines is 1. The molecule has 1 atom stereocenters. The van der Waals surface area contributed by atoms with Gasteiger partial charge < -0.3 is 20.1 Å². The second kappa shape index (κ2) is 6.64. The molecule has 1 aliphatic heterocycles. The van der Waals surface area contributed by atoms with Crippen molar-refractivity contribution >= 4 is 5.69 Å². The number of alkyl halides is 3. The van der Waals surface area contributed by atoms with Crippen LogP contribution in [0, 0.1) is 0 Å². The molecule has 0 bridgehead atoms. The lowest BCUT2D eigenvalue weighted by atomic mass is 10.0. The topological polar surface area (TPSA) is 44.7 Å². The van der Waals surface area contributed by atoms with Crippen molar-refractivity contribution in [1.29, 1.82) is 0 Å². The van der Waals surface area contributed by atoms with Crippen LogP contribution in [0.2, 0.25) is 0 Å². The van der Waals surface area contributed by atoms with Gasteiger partial charge in [0.2, 0.25) is 0 Å². The summed E-state index contributed by atoms with van der Waals surface area (Å²) in [5, 5.41) is 11.9. The van der Waals surface area contributed by atoms with Crippen LogP contribution in [-0.2, 0) is 17.5 Å². The van der Waals surface area contributed by atoms with Crippen molar-refractivity contribution in [3.05, 3.63) is 29.3 Å². The highest BCUT2D eigenvalue weighted by molar-refractivity contribution is 5.52. The Hall–Kier alpha value is -1.31. The summed E-state index contributed by atoms with van der Waals surface area (Å²) in [6.07, 6.45) is -4.74. The van der Waals surface area contributed by atoms with Gasteiger partial charge in [-0.15, -0.1) is 0 Å². The number of hydrogen-bond acceptors (Lipinski definition) is 4. The molecule has 0 amide bonds. The molecule has 1 aromatic rings. The second-order valence-electron chi connectivity index (χ2n) is 4.99. The molecular weight excluding hydrogens is 285 g/mol. The third kappa shape index (κ3) is 3.87. The van der Waals surface area contributed by atoms with Crippen LogP contribution in [0.3, 0.4) is 0 Å². The molecule has 21 heavy (non-hydrogen) atoms. The van der Waals surface area contributed by atoms with Gasteiger partial charge in [-0.05, 0) is 24.7 Å². The molecule has 7 heteroatoms. The maximum Gasteiger partial charge on any atom is 0.416 e. The number of halogens is 3. The van der Waals surface area contributed by atoms with E-state index in [1.165, 1.54) is 12.1 Å². The lowest BCUT2D eigenvalue weighted by Crippen LogP contribution is -2.44. The second-order valence-corrected chi connectivity index (χ2v) is 4.99. The zero-order valence-corrected chi connectivity index (χ0v) is 11.8. The van der Waals surface area contributed by atoms with Crippen LogP contribution in [0.15, 0.2) is 18.2 Å². The quantitative estimate of drug-likeness (QED) is 0.887. The van der Waals surface area contributed by atoms with Crippen LogP contribution in [0.1, 0.15) is 11.1 Å². The summed E-state index contributed by atoms with van der Waals surface area (Å²) < 4.78 is 44.8. The Morgan fingerprint density at radius 1 is 1.43 bits per heavy atom. The van der Waals surface area contributed by atoms with E-state index in [1.54, 1.807) is 13.1 Å². The molecular formula is C14H19F3N2O2. The normalized spacial score (nSPS) is 19.9. The van der Waals surface area contributed by atoms with Gasteiger partial charge in [0.15, 0.2) is 0 Å². The minimum Gasteiger partial charge on any atom is -0.394 e. The van der Waals surface area contributed by atoms with Gasteiger partial charge in [-0.3, -0.25) is 0 Å². The monoisotopic (exact) mass is 304 g/mol. The van der Waals surface area contributed by atoms with Gasteiger partial charge in [-0.25, -0.2) is 0 Å². The predicted molar refractivity (Wildman–Crippen MR) is 73.2 cm³/mol. The third-order valence-corrected chi connectivity index (χ3v) is 3.47. The van der Waals surface area contributed by atoms with Gasteiger partial charge >= 0.3 is 6.18 Å². The molecule has 0 aliphatic carbocycles. The zero-order chi connectivity index (χ0) is 15.5. The van der Waals surface area contributed by atoms with Gasteiger partial charge in [0.25, 0.3) is 0 Å². The minimum atomic E-state index is -4.38. The first kappa shape index (κ1) is 16.1. The van der Waals surface area contributed by atoms with Crippen molar-refractivity contribution in [2.45, 2.75) is 18.8 Å². The van der Waals surface area contributed by atoms with Crippen LogP contribution in [0.25, 0.3) is 0 Å². The SMILES string of the molecule is CNCc1ccc(N2CCOC(CO)C2)cc1C(F)(F)F. The molecule has 0 saturated carbocycles. The van der Waals surface area contributed by atoms with Crippen molar-refractivity contribution in [2.24, 2.45) is 0 Å². The van der Waals surface area contributed by atoms with Gasteiger partial charge in [-0.2, -0.15) is 13.2 Å². The van der Waals surface area contributed by atoms with E-state index in [4.69, 9.17) is 9.84 Å². The maximum absolute atomic E-state index is 13.2. The Morgan fingerprint density at radius 3 is 2.81 bits per heavy atom. The Balaban J connectivity index is 2.28. The lowest BCUT2D eigenvalue weighted by molar-refractivity contribution is -0.138. The average Bonchev–Trinajstić information content (AvgIpc) is 2.47. The van der Waals surface area contributed by atoms with E-state index < -0.39 is 11.7 Å². The first-order chi connectivity index (χ1) is 9.95. The number of rotatable bonds is 4. The Kier molecular flexibility index (Phi) is 5.08. The molecule has 0 spiro atoms. The van der Waals surface area contributed by atoms with Gasteiger partial charge in [-0.1, -0.05) is 6.07 Å². The summed E-state index contributed by atoms with van der Waals surface area (Å²) in [5.74, 6) is 0. The van der Waals surface area contributed by atoms with E-state index in [0.29, 0.717) is 25.4 Å². The van der Waals surface area contributed by atoms with Gasteiger partial charge in [0.1, 0.15) is 0 Å². The Bertz CT molecular complexity index is 480. The number of ether oxygens (including phenoxy) is 1. The van der Waals surface area contributed by atoms with Crippen molar-refractivity contribution in [3.63, 3.8) is 0 Å². The smallest absolute Gasteiger partial charge is 0.394 e. The summed E-state index contributed by atoms with van der Waals surface area (Å²) in [5.41, 5.74) is 0.103. The fourth-order valence-corrected chi connectivity index (χ4v) is 2.43. The molecule has 0 radical (unpaired) electrons. The lowest BCUT2D eigenvalue weighted by Gasteiger charge is -2.34. The summed E-state index contributed by atoms with van der Waals surface area (Å²) in [6.45, 7) is 1.32. The van der Waals surface area contributed by atoms with Crippen LogP contribution >= 0.6 is 0 Å². The van der Waals surface area contributed by atoms with E-state index in [9.17, 15) is 13.2 Å². The van der Waals surface area contributed by atoms with Crippen molar-refractivity contribution < 1.29 is 23.0 Å². The first-order valence-corrected chi connectivity index (χ1v) is 6.78. The number of nitrogens with zero attached hydrogens (tertiary/aromatic N) is 1. The molecule has 0 aromatic heterocycles. The standard InChI is InChI=1S/C14H19F3N2O2/c1-18-7-10-2-3-11(6-13(10)14(15,16)17)19-4-5-21-12(8-19)9-20/h2-3,6,12,18,20H,4-5,7-9H2,1H3. The largest absolute Gasteiger partial charge is 0.416 e. The molecule has 1 saturated heterocycles. The zero-order valence-electron chi connectivity index (χ0n) is 11.8. The fraction of sp³-hybridized carbons (Fsp3) is 0.571. The fourth-order valence-electron chi connectivity index (χ4n) is 2.43. The van der Waals surface area contributed by atoms with Crippen molar-refractivity contribution in [2.75, 3.05) is 38.3 Å². The molecule has 4 nitrogen and oxygen atoms in total. The number of morpholine rings is 1. The summed E-state index contributed by atoms with van der Waals surface area (Å²) in [6, 6.07) is 4.35. The molecule has 1 aromatic carbocycles. The van der Waals surface area contributed by atoms with E-state index in [1.807, 2.05) is 4.90 Å². The highest BCUT2D eigenvalue weighted by atomic mass is 19.4. The van der Waals surface area contributed by atoms with E-state index in [0.717, 1.165) is 0 Å². The Morgan fingerprint density at radius 2 is 2.19 bits per heavy atom. The van der Waals surface area contributed by atoms with E-state index in [-0.39, 0.29) is 24.8 Å². The van der Waals surface area contributed by atoms with Gasteiger partial charge in [0.05, 0.1) is 24.9 Å². The average molecular weight is 304 g/mol. The summed E-state index contributed by atoms with van der Waals surface area (Å²) in [7, 11) is 1.61. The van der Waals surface area contributed by atoms with Crippen LogP contribution in [0.5, 0.6) is 0 Å². The van der Waals surface area contributed by atoms with Crippen LogP contribution in [-0.4, -0.2) is 44.6 Å². The number of nitrogens with one attached hydrogen (secondary N) is 1. The molecule has 1 fully saturated rings. The van der Waals surface area contributed by atoms with Crippen LogP contribution < -0.4 is 10.2 Å². The molecule has 2 rings (SSSR count). The highest BCUT2D eigenvalue weighted by Gasteiger charge is 2.34. The summed E-state index contributed by atoms with van der Waals surface area (Å²) >= 11 is 0. The molecule has 2 N–H and O–H groups in total. The predicted octanol–water partition coefficient (Wildman–Crippen LogP) is 1.62. The highest BCUT2D eigenvalue weighted by Crippen LogP contribution is 2.35. The number of hydrogen-bond donors (Lipinski definition) is 2. The van der Waals surface area contributed by atoms with Crippen molar-refractivity contribution in [1.82, 2.24) is 5.32 Å². The molecule has 1 aliphatic rings. The van der Waals surface area contributed by atoms with E-state index in [2.05, 4.69) is 5.32 Å². The Labute approximate surface area is 121 Å². The third-order valence-electron chi connectivity index (χ3n) is 3.47. The van der Waals surface area contributed by atoms with Crippen molar-refractivity contribution in [3.8, 4) is 0 Å². The molecule has 1 heterocycles. The van der Waals surface area contributed by atoms with E-state index >= 15 is 0 Å². The van der Waals surface area contributed by atoms with Gasteiger partial charge in [0, 0.05) is 25.3 Å². The minimum absolute atomic E-state index is 0.138. The number of aliphatic hydroxyl groups excluding tert-OH is 1.